The van der Waals surface area contributed by atoms with Crippen LogP contribution in [-0.4, -0.2) is 31.5 Å². The maximum Gasteiger partial charge on any atom is 0.0729 e. The monoisotopic (exact) mass is 229 g/mol. The van der Waals surface area contributed by atoms with Crippen LogP contribution in [0.15, 0.2) is 0 Å². The fourth-order valence-electron chi connectivity index (χ4n) is 2.28. The van der Waals surface area contributed by atoms with E-state index in [9.17, 15) is 0 Å². The molecule has 16 heavy (non-hydrogen) atoms. The normalized spacial score (nSPS) is 30.9. The van der Waals surface area contributed by atoms with Gasteiger partial charge >= 0.3 is 0 Å². The topological polar surface area (TPSA) is 44.5 Å². The fourth-order valence-corrected chi connectivity index (χ4v) is 2.28. The quantitative estimate of drug-likeness (QED) is 0.711. The van der Waals surface area contributed by atoms with E-state index >= 15 is 0 Å². The van der Waals surface area contributed by atoms with Crippen molar-refractivity contribution in [3.63, 3.8) is 0 Å². The Morgan fingerprint density at radius 2 is 2.00 bits per heavy atom. The predicted molar refractivity (Wildman–Crippen MR) is 66.4 cm³/mol. The van der Waals surface area contributed by atoms with E-state index in [4.69, 9.17) is 15.2 Å². The summed E-state index contributed by atoms with van der Waals surface area (Å²) in [5.74, 6) is 0.802. The molecule has 0 spiro atoms. The third kappa shape index (κ3) is 4.81. The Hall–Kier alpha value is -0.120. The second-order valence-corrected chi connectivity index (χ2v) is 5.08. The highest BCUT2D eigenvalue weighted by molar-refractivity contribution is 4.82. The van der Waals surface area contributed by atoms with Gasteiger partial charge in [-0.3, -0.25) is 0 Å². The minimum atomic E-state index is 0.224. The lowest BCUT2D eigenvalue weighted by molar-refractivity contribution is -0.0397. The van der Waals surface area contributed by atoms with Crippen LogP contribution in [0.2, 0.25) is 0 Å². The Morgan fingerprint density at radius 1 is 1.25 bits per heavy atom. The molecule has 1 fully saturated rings. The van der Waals surface area contributed by atoms with Crippen LogP contribution in [0.4, 0.5) is 0 Å². The average Bonchev–Trinajstić information content (AvgIpc) is 2.26. The summed E-state index contributed by atoms with van der Waals surface area (Å²) < 4.78 is 11.3. The molecular formula is C13H27NO2. The molecular weight excluding hydrogens is 202 g/mol. The summed E-state index contributed by atoms with van der Waals surface area (Å²) >= 11 is 0. The molecule has 0 aromatic carbocycles. The summed E-state index contributed by atoms with van der Waals surface area (Å²) in [6.07, 6.45) is 5.27. The molecule has 0 heterocycles. The van der Waals surface area contributed by atoms with Gasteiger partial charge in [-0.25, -0.2) is 0 Å². The van der Waals surface area contributed by atoms with Gasteiger partial charge in [0.2, 0.25) is 0 Å². The maximum atomic E-state index is 6.07. The van der Waals surface area contributed by atoms with Crippen molar-refractivity contribution in [3.8, 4) is 0 Å². The van der Waals surface area contributed by atoms with E-state index in [1.807, 2.05) is 13.8 Å². The number of hydrogen-bond donors (Lipinski definition) is 1. The number of hydrogen-bond acceptors (Lipinski definition) is 3. The standard InChI is InChI=1S/C13H27NO2/c1-4-11-5-6-12(14)13(9-11)16-8-7-15-10(2)3/h10-13H,4-9,14H2,1-3H3. The Balaban J connectivity index is 2.18. The molecule has 3 atom stereocenters. The lowest BCUT2D eigenvalue weighted by Crippen LogP contribution is -2.42. The van der Waals surface area contributed by atoms with Gasteiger partial charge in [0.05, 0.1) is 25.4 Å². The molecule has 0 amide bonds. The van der Waals surface area contributed by atoms with Crippen molar-refractivity contribution >= 4 is 0 Å². The van der Waals surface area contributed by atoms with E-state index in [0.717, 1.165) is 18.8 Å². The third-order valence-corrected chi connectivity index (χ3v) is 3.40. The van der Waals surface area contributed by atoms with Gasteiger partial charge < -0.3 is 15.2 Å². The first-order chi connectivity index (χ1) is 7.63. The smallest absolute Gasteiger partial charge is 0.0729 e. The zero-order valence-electron chi connectivity index (χ0n) is 10.9. The molecule has 0 bridgehead atoms. The highest BCUT2D eigenvalue weighted by atomic mass is 16.5. The molecule has 1 saturated carbocycles. The van der Waals surface area contributed by atoms with Gasteiger partial charge in [0.25, 0.3) is 0 Å². The lowest BCUT2D eigenvalue weighted by atomic mass is 9.83. The van der Waals surface area contributed by atoms with Crippen LogP contribution in [0.5, 0.6) is 0 Å². The number of nitrogens with two attached hydrogens (primary N) is 1. The van der Waals surface area contributed by atoms with E-state index in [2.05, 4.69) is 6.92 Å². The Morgan fingerprint density at radius 3 is 2.62 bits per heavy atom. The maximum absolute atomic E-state index is 6.07. The van der Waals surface area contributed by atoms with E-state index < -0.39 is 0 Å². The minimum absolute atomic E-state index is 0.224. The first kappa shape index (κ1) is 13.9. The summed E-state index contributed by atoms with van der Waals surface area (Å²) in [5, 5.41) is 0. The number of rotatable bonds is 6. The summed E-state index contributed by atoms with van der Waals surface area (Å²) in [6.45, 7) is 7.68. The van der Waals surface area contributed by atoms with E-state index in [0.29, 0.717) is 13.2 Å². The summed E-state index contributed by atoms with van der Waals surface area (Å²) in [7, 11) is 0. The molecule has 0 aliphatic heterocycles. The molecule has 0 aromatic rings. The molecule has 0 radical (unpaired) electrons. The predicted octanol–water partition coefficient (Wildman–Crippen LogP) is 2.33. The van der Waals surface area contributed by atoms with Crippen molar-refractivity contribution in [1.29, 1.82) is 0 Å². The molecule has 1 aliphatic carbocycles. The van der Waals surface area contributed by atoms with Crippen molar-refractivity contribution in [3.05, 3.63) is 0 Å². The summed E-state index contributed by atoms with van der Waals surface area (Å²) in [4.78, 5) is 0. The van der Waals surface area contributed by atoms with E-state index in [1.54, 1.807) is 0 Å². The third-order valence-electron chi connectivity index (χ3n) is 3.40. The van der Waals surface area contributed by atoms with Gasteiger partial charge in [0, 0.05) is 6.04 Å². The molecule has 0 saturated heterocycles. The van der Waals surface area contributed by atoms with Crippen molar-refractivity contribution in [2.24, 2.45) is 11.7 Å². The highest BCUT2D eigenvalue weighted by Gasteiger charge is 2.27. The van der Waals surface area contributed by atoms with Gasteiger partial charge in [-0.15, -0.1) is 0 Å². The number of ether oxygens (including phenoxy) is 2. The van der Waals surface area contributed by atoms with Gasteiger partial charge in [-0.2, -0.15) is 0 Å². The zero-order chi connectivity index (χ0) is 12.0. The van der Waals surface area contributed by atoms with Crippen LogP contribution < -0.4 is 5.73 Å². The Bertz CT molecular complexity index is 185. The molecule has 1 aliphatic rings. The molecule has 1 rings (SSSR count). The molecule has 3 nitrogen and oxygen atoms in total. The lowest BCUT2D eigenvalue weighted by Gasteiger charge is -2.33. The highest BCUT2D eigenvalue weighted by Crippen LogP contribution is 2.27. The van der Waals surface area contributed by atoms with Crippen LogP contribution in [0.3, 0.4) is 0 Å². The van der Waals surface area contributed by atoms with Crippen molar-refractivity contribution in [2.75, 3.05) is 13.2 Å². The SMILES string of the molecule is CCC1CCC(N)C(OCCOC(C)C)C1. The fraction of sp³-hybridized carbons (Fsp3) is 1.00. The van der Waals surface area contributed by atoms with E-state index in [-0.39, 0.29) is 18.2 Å². The summed E-state index contributed by atoms with van der Waals surface area (Å²) in [5.41, 5.74) is 6.07. The summed E-state index contributed by atoms with van der Waals surface area (Å²) in [6, 6.07) is 0.224. The minimum Gasteiger partial charge on any atom is -0.376 e. The van der Waals surface area contributed by atoms with Crippen LogP contribution in [0, 0.1) is 5.92 Å². The van der Waals surface area contributed by atoms with Crippen molar-refractivity contribution < 1.29 is 9.47 Å². The van der Waals surface area contributed by atoms with Gasteiger partial charge in [-0.1, -0.05) is 13.3 Å². The van der Waals surface area contributed by atoms with Crippen molar-refractivity contribution in [1.82, 2.24) is 0 Å². The average molecular weight is 229 g/mol. The Labute approximate surface area is 99.7 Å². The molecule has 2 N–H and O–H groups in total. The first-order valence-electron chi connectivity index (χ1n) is 6.62. The second-order valence-electron chi connectivity index (χ2n) is 5.08. The molecule has 3 heteroatoms. The van der Waals surface area contributed by atoms with Crippen molar-refractivity contribution in [2.45, 2.75) is 64.7 Å². The Kier molecular flexibility index (Phi) is 6.32. The molecule has 0 aromatic heterocycles. The molecule has 3 unspecified atom stereocenters. The first-order valence-corrected chi connectivity index (χ1v) is 6.62. The van der Waals surface area contributed by atoms with Gasteiger partial charge in [0.15, 0.2) is 0 Å². The van der Waals surface area contributed by atoms with Crippen LogP contribution in [0.1, 0.15) is 46.5 Å². The van der Waals surface area contributed by atoms with Gasteiger partial charge in [-0.05, 0) is 39.0 Å². The van der Waals surface area contributed by atoms with Crippen LogP contribution in [-0.2, 0) is 9.47 Å². The van der Waals surface area contributed by atoms with E-state index in [1.165, 1.54) is 12.8 Å². The van der Waals surface area contributed by atoms with Gasteiger partial charge in [0.1, 0.15) is 0 Å². The molecule has 96 valence electrons. The zero-order valence-corrected chi connectivity index (χ0v) is 10.9. The second kappa shape index (κ2) is 7.25. The van der Waals surface area contributed by atoms with Crippen LogP contribution >= 0.6 is 0 Å². The van der Waals surface area contributed by atoms with Crippen LogP contribution in [0.25, 0.3) is 0 Å². The largest absolute Gasteiger partial charge is 0.376 e.